The van der Waals surface area contributed by atoms with E-state index < -0.39 is 0 Å². The summed E-state index contributed by atoms with van der Waals surface area (Å²) in [5, 5.41) is 3.38. The largest absolute Gasteiger partial charge is 0.314 e. The Bertz CT molecular complexity index is 310. The highest BCUT2D eigenvalue weighted by atomic mass is 15.2. The minimum Gasteiger partial charge on any atom is -0.314 e. The summed E-state index contributed by atoms with van der Waals surface area (Å²) in [7, 11) is 0. The summed E-state index contributed by atoms with van der Waals surface area (Å²) in [5.41, 5.74) is 0. The summed E-state index contributed by atoms with van der Waals surface area (Å²) in [6, 6.07) is 0.691. The van der Waals surface area contributed by atoms with Gasteiger partial charge in [-0.3, -0.25) is 4.90 Å². The van der Waals surface area contributed by atoms with Crippen LogP contribution in [-0.2, 0) is 0 Å². The Morgan fingerprint density at radius 3 is 2.68 bits per heavy atom. The molecular formula is C16H29N3. The maximum Gasteiger partial charge on any atom is 0.0602 e. The second kappa shape index (κ2) is 7.89. The predicted molar refractivity (Wildman–Crippen MR) is 81.1 cm³/mol. The zero-order valence-electron chi connectivity index (χ0n) is 12.6. The van der Waals surface area contributed by atoms with E-state index in [2.05, 4.69) is 40.8 Å². The van der Waals surface area contributed by atoms with Crippen LogP contribution in [0.2, 0.25) is 0 Å². The average molecular weight is 263 g/mol. The van der Waals surface area contributed by atoms with E-state index in [9.17, 15) is 0 Å². The van der Waals surface area contributed by atoms with Gasteiger partial charge < -0.3 is 10.2 Å². The third-order valence-corrected chi connectivity index (χ3v) is 4.31. The Hall–Kier alpha value is -0.560. The Morgan fingerprint density at radius 1 is 1.16 bits per heavy atom. The van der Waals surface area contributed by atoms with Crippen LogP contribution in [0.3, 0.4) is 0 Å². The first-order valence-electron chi connectivity index (χ1n) is 7.88. The van der Waals surface area contributed by atoms with Crippen molar-refractivity contribution in [2.45, 2.75) is 39.2 Å². The van der Waals surface area contributed by atoms with E-state index in [0.717, 1.165) is 45.1 Å². The van der Waals surface area contributed by atoms with Crippen LogP contribution in [0.25, 0.3) is 0 Å². The number of hydrogen-bond acceptors (Lipinski definition) is 3. The van der Waals surface area contributed by atoms with Crippen LogP contribution in [0.1, 0.15) is 33.1 Å². The fraction of sp³-hybridized carbons (Fsp3) is 0.875. The van der Waals surface area contributed by atoms with Gasteiger partial charge in [-0.25, -0.2) is 0 Å². The lowest BCUT2D eigenvalue weighted by Gasteiger charge is -2.34. The topological polar surface area (TPSA) is 18.5 Å². The maximum absolute atomic E-state index is 3.42. The molecule has 3 nitrogen and oxygen atoms in total. The predicted octanol–water partition coefficient (Wildman–Crippen LogP) is 1.41. The molecule has 0 aromatic rings. The van der Waals surface area contributed by atoms with Crippen LogP contribution in [-0.4, -0.2) is 61.7 Å². The maximum atomic E-state index is 3.42. The zero-order chi connectivity index (χ0) is 13.5. The molecule has 2 rings (SSSR count). The molecule has 2 saturated heterocycles. The van der Waals surface area contributed by atoms with Gasteiger partial charge >= 0.3 is 0 Å². The molecule has 0 aromatic heterocycles. The molecule has 1 unspecified atom stereocenters. The third-order valence-electron chi connectivity index (χ3n) is 4.31. The van der Waals surface area contributed by atoms with Crippen LogP contribution in [0, 0.1) is 17.8 Å². The summed E-state index contributed by atoms with van der Waals surface area (Å²) in [4.78, 5) is 5.05. The van der Waals surface area contributed by atoms with Crippen molar-refractivity contribution in [1.29, 1.82) is 0 Å². The number of nitrogens with zero attached hydrogens (tertiary/aromatic N) is 2. The summed E-state index contributed by atoms with van der Waals surface area (Å²) in [6.45, 7) is 12.6. The van der Waals surface area contributed by atoms with E-state index in [0.29, 0.717) is 6.04 Å². The zero-order valence-corrected chi connectivity index (χ0v) is 12.6. The van der Waals surface area contributed by atoms with E-state index in [1.165, 1.54) is 25.9 Å². The Balaban J connectivity index is 1.67. The van der Waals surface area contributed by atoms with E-state index in [4.69, 9.17) is 0 Å². The van der Waals surface area contributed by atoms with Crippen molar-refractivity contribution in [3.05, 3.63) is 0 Å². The third kappa shape index (κ3) is 5.14. The number of likely N-dealkylation sites (tertiary alicyclic amines) is 1. The highest BCUT2D eigenvalue weighted by Gasteiger charge is 2.20. The minimum atomic E-state index is 0.691. The highest BCUT2D eigenvalue weighted by molar-refractivity contribution is 5.03. The summed E-state index contributed by atoms with van der Waals surface area (Å²) in [6.07, 6.45) is 3.81. The monoisotopic (exact) mass is 263 g/mol. The van der Waals surface area contributed by atoms with E-state index in [-0.39, 0.29) is 0 Å². The van der Waals surface area contributed by atoms with Crippen molar-refractivity contribution in [1.82, 2.24) is 15.1 Å². The normalized spacial score (nSPS) is 26.2. The number of piperazine rings is 1. The lowest BCUT2D eigenvalue weighted by Crippen LogP contribution is -2.43. The van der Waals surface area contributed by atoms with Crippen molar-refractivity contribution in [3.8, 4) is 11.8 Å². The standard InChI is InChI=1S/C16H29N3/c1-15(2)19-11-5-7-16(14-19)6-3-4-10-18-12-8-17-9-13-18/h15-17H,5-14H2,1-2H3. The molecular weight excluding hydrogens is 234 g/mol. The van der Waals surface area contributed by atoms with Gasteiger partial charge in [0, 0.05) is 45.2 Å². The molecule has 0 bridgehead atoms. The van der Waals surface area contributed by atoms with Crippen molar-refractivity contribution in [2.75, 3.05) is 45.8 Å². The average Bonchev–Trinajstić information content (AvgIpc) is 2.45. The van der Waals surface area contributed by atoms with Crippen LogP contribution in [0.4, 0.5) is 0 Å². The number of hydrogen-bond donors (Lipinski definition) is 1. The first-order valence-corrected chi connectivity index (χ1v) is 7.88. The van der Waals surface area contributed by atoms with Crippen molar-refractivity contribution in [2.24, 2.45) is 5.92 Å². The molecule has 2 aliphatic rings. The first kappa shape index (κ1) is 14.8. The fourth-order valence-electron chi connectivity index (χ4n) is 2.99. The van der Waals surface area contributed by atoms with Gasteiger partial charge in [-0.2, -0.15) is 0 Å². The number of piperidine rings is 1. The lowest BCUT2D eigenvalue weighted by atomic mass is 9.94. The molecule has 3 heteroatoms. The number of rotatable bonds is 3. The molecule has 19 heavy (non-hydrogen) atoms. The summed E-state index contributed by atoms with van der Waals surface area (Å²) >= 11 is 0. The molecule has 2 heterocycles. The van der Waals surface area contributed by atoms with Crippen molar-refractivity contribution in [3.63, 3.8) is 0 Å². The second-order valence-corrected chi connectivity index (χ2v) is 6.18. The molecule has 0 amide bonds. The van der Waals surface area contributed by atoms with Gasteiger partial charge in [0.15, 0.2) is 0 Å². The summed E-state index contributed by atoms with van der Waals surface area (Å²) < 4.78 is 0. The van der Waals surface area contributed by atoms with Crippen LogP contribution in [0.5, 0.6) is 0 Å². The highest BCUT2D eigenvalue weighted by Crippen LogP contribution is 2.20. The fourth-order valence-corrected chi connectivity index (χ4v) is 2.99. The van der Waals surface area contributed by atoms with Gasteiger partial charge in [0.2, 0.25) is 0 Å². The molecule has 0 saturated carbocycles. The van der Waals surface area contributed by atoms with E-state index in [1.807, 2.05) is 0 Å². The second-order valence-electron chi connectivity index (χ2n) is 6.18. The lowest BCUT2D eigenvalue weighted by molar-refractivity contribution is 0.142. The first-order chi connectivity index (χ1) is 9.25. The van der Waals surface area contributed by atoms with E-state index >= 15 is 0 Å². The smallest absolute Gasteiger partial charge is 0.0602 e. The molecule has 108 valence electrons. The SMILES string of the molecule is CC(C)N1CCCC(CC#CCN2CCNCC2)C1. The molecule has 2 aliphatic heterocycles. The Morgan fingerprint density at radius 2 is 1.95 bits per heavy atom. The Kier molecular flexibility index (Phi) is 6.16. The quantitative estimate of drug-likeness (QED) is 0.777. The minimum absolute atomic E-state index is 0.691. The molecule has 0 aromatic carbocycles. The van der Waals surface area contributed by atoms with E-state index in [1.54, 1.807) is 0 Å². The molecule has 2 fully saturated rings. The molecule has 0 aliphatic carbocycles. The van der Waals surface area contributed by atoms with Crippen LogP contribution >= 0.6 is 0 Å². The van der Waals surface area contributed by atoms with Gasteiger partial charge in [-0.1, -0.05) is 5.92 Å². The Labute approximate surface area is 118 Å². The number of nitrogens with one attached hydrogen (secondary N) is 1. The van der Waals surface area contributed by atoms with Crippen LogP contribution in [0.15, 0.2) is 0 Å². The van der Waals surface area contributed by atoms with Crippen molar-refractivity contribution < 1.29 is 0 Å². The van der Waals surface area contributed by atoms with Gasteiger partial charge in [0.25, 0.3) is 0 Å². The van der Waals surface area contributed by atoms with Gasteiger partial charge in [-0.15, -0.1) is 5.92 Å². The molecule has 1 atom stereocenters. The van der Waals surface area contributed by atoms with Gasteiger partial charge in [0.05, 0.1) is 6.54 Å². The van der Waals surface area contributed by atoms with Crippen molar-refractivity contribution >= 4 is 0 Å². The molecule has 0 radical (unpaired) electrons. The van der Waals surface area contributed by atoms with Crippen LogP contribution < -0.4 is 5.32 Å². The van der Waals surface area contributed by atoms with Gasteiger partial charge in [0.1, 0.15) is 0 Å². The summed E-state index contributed by atoms with van der Waals surface area (Å²) in [5.74, 6) is 7.60. The molecule has 0 spiro atoms. The van der Waals surface area contributed by atoms with Gasteiger partial charge in [-0.05, 0) is 39.2 Å². The molecule has 1 N–H and O–H groups in total.